The minimum atomic E-state index is -0.299. The normalized spacial score (nSPS) is 12.1. The van der Waals surface area contributed by atoms with Crippen LogP contribution in [0.5, 0.6) is 0 Å². The van der Waals surface area contributed by atoms with Gasteiger partial charge in [0.05, 0.1) is 9.04 Å². The fourth-order valence-electron chi connectivity index (χ4n) is 1.84. The van der Waals surface area contributed by atoms with Crippen molar-refractivity contribution in [2.24, 2.45) is 0 Å². The molecule has 1 aromatic heterocycles. The van der Waals surface area contributed by atoms with Crippen molar-refractivity contribution >= 4 is 45.8 Å². The van der Waals surface area contributed by atoms with Gasteiger partial charge < -0.3 is 5.32 Å². The van der Waals surface area contributed by atoms with Crippen LogP contribution in [0, 0.1) is 0 Å². The third-order valence-electron chi connectivity index (χ3n) is 2.87. The van der Waals surface area contributed by atoms with Gasteiger partial charge in [-0.2, -0.15) is 12.6 Å². The summed E-state index contributed by atoms with van der Waals surface area (Å²) < 4.78 is 1.12. The first kappa shape index (κ1) is 15.6. The van der Waals surface area contributed by atoms with E-state index in [1.165, 1.54) is 4.88 Å². The highest BCUT2D eigenvalue weighted by Crippen LogP contribution is 2.22. The Bertz CT molecular complexity index is 556. The number of hydrogen-bond donors (Lipinski definition) is 2. The van der Waals surface area contributed by atoms with Crippen LogP contribution >= 0.6 is 39.9 Å². The van der Waals surface area contributed by atoms with Crippen LogP contribution in [0.2, 0.25) is 0 Å². The van der Waals surface area contributed by atoms with E-state index in [2.05, 4.69) is 39.9 Å². The Morgan fingerprint density at radius 3 is 2.65 bits per heavy atom. The number of amides is 1. The van der Waals surface area contributed by atoms with Crippen LogP contribution in [-0.2, 0) is 17.6 Å². The van der Waals surface area contributed by atoms with Crippen LogP contribution in [0.3, 0.4) is 0 Å². The zero-order valence-corrected chi connectivity index (χ0v) is 14.2. The Kier molecular flexibility index (Phi) is 6.13. The lowest BCUT2D eigenvalue weighted by Crippen LogP contribution is -2.34. The van der Waals surface area contributed by atoms with Crippen molar-refractivity contribution in [1.82, 2.24) is 5.32 Å². The summed E-state index contributed by atoms with van der Waals surface area (Å²) in [5, 5.41) is 2.64. The highest BCUT2D eigenvalue weighted by Gasteiger charge is 2.13. The van der Waals surface area contributed by atoms with Crippen LogP contribution in [0.1, 0.15) is 10.4 Å². The molecule has 0 spiro atoms. The van der Waals surface area contributed by atoms with E-state index in [0.29, 0.717) is 13.0 Å². The SMILES string of the molecule is O=C(NCCc1ccc(Br)s1)C(S)Cc1ccccc1. The van der Waals surface area contributed by atoms with Gasteiger partial charge in [0.1, 0.15) is 0 Å². The molecule has 0 aliphatic carbocycles. The van der Waals surface area contributed by atoms with E-state index in [1.54, 1.807) is 11.3 Å². The minimum Gasteiger partial charge on any atom is -0.355 e. The van der Waals surface area contributed by atoms with Gasteiger partial charge in [-0.25, -0.2) is 0 Å². The first-order chi connectivity index (χ1) is 9.65. The molecule has 0 radical (unpaired) electrons. The zero-order valence-electron chi connectivity index (χ0n) is 10.9. The Balaban J connectivity index is 1.74. The molecule has 1 aromatic carbocycles. The van der Waals surface area contributed by atoms with Gasteiger partial charge in [0, 0.05) is 11.4 Å². The molecule has 0 fully saturated rings. The molecule has 0 saturated heterocycles. The summed E-state index contributed by atoms with van der Waals surface area (Å²) in [6.45, 7) is 0.650. The lowest BCUT2D eigenvalue weighted by atomic mass is 10.1. The third-order valence-corrected chi connectivity index (χ3v) is 4.97. The fourth-order valence-corrected chi connectivity index (χ4v) is 3.63. The Labute approximate surface area is 137 Å². The maximum absolute atomic E-state index is 11.9. The summed E-state index contributed by atoms with van der Waals surface area (Å²) in [4.78, 5) is 13.2. The van der Waals surface area contributed by atoms with E-state index in [1.807, 2.05) is 36.4 Å². The molecule has 0 aliphatic rings. The maximum Gasteiger partial charge on any atom is 0.233 e. The predicted octanol–water partition coefficient (Wildman–Crippen LogP) is 3.71. The summed E-state index contributed by atoms with van der Waals surface area (Å²) in [5.41, 5.74) is 1.13. The number of carbonyl (C=O) groups excluding carboxylic acids is 1. The molecule has 1 N–H and O–H groups in total. The Morgan fingerprint density at radius 1 is 1.25 bits per heavy atom. The van der Waals surface area contributed by atoms with Gasteiger partial charge in [0.2, 0.25) is 5.91 Å². The van der Waals surface area contributed by atoms with Gasteiger partial charge in [0.15, 0.2) is 0 Å². The number of nitrogens with one attached hydrogen (secondary N) is 1. The van der Waals surface area contributed by atoms with E-state index in [9.17, 15) is 4.79 Å². The van der Waals surface area contributed by atoms with Crippen LogP contribution in [0.4, 0.5) is 0 Å². The number of carbonyl (C=O) groups is 1. The van der Waals surface area contributed by atoms with Gasteiger partial charge in [0.25, 0.3) is 0 Å². The maximum atomic E-state index is 11.9. The molecule has 1 atom stereocenters. The van der Waals surface area contributed by atoms with E-state index < -0.39 is 0 Å². The number of benzene rings is 1. The monoisotopic (exact) mass is 369 g/mol. The van der Waals surface area contributed by atoms with Crippen LogP contribution in [0.25, 0.3) is 0 Å². The van der Waals surface area contributed by atoms with Crippen molar-refractivity contribution < 1.29 is 4.79 Å². The Morgan fingerprint density at radius 2 is 2.00 bits per heavy atom. The lowest BCUT2D eigenvalue weighted by molar-refractivity contribution is -0.120. The molecule has 1 heterocycles. The van der Waals surface area contributed by atoms with E-state index in [4.69, 9.17) is 0 Å². The second kappa shape index (κ2) is 7.86. The van der Waals surface area contributed by atoms with Gasteiger partial charge in [-0.15, -0.1) is 11.3 Å². The summed E-state index contributed by atoms with van der Waals surface area (Å²) in [5.74, 6) is -0.00666. The van der Waals surface area contributed by atoms with Gasteiger partial charge in [-0.1, -0.05) is 30.3 Å². The Hall–Kier alpha value is -0.780. The van der Waals surface area contributed by atoms with Crippen molar-refractivity contribution in [3.63, 3.8) is 0 Å². The van der Waals surface area contributed by atoms with Crippen molar-refractivity contribution in [3.8, 4) is 0 Å². The van der Waals surface area contributed by atoms with Crippen LogP contribution in [0.15, 0.2) is 46.3 Å². The lowest BCUT2D eigenvalue weighted by Gasteiger charge is -2.11. The van der Waals surface area contributed by atoms with Crippen molar-refractivity contribution in [2.45, 2.75) is 18.1 Å². The average molecular weight is 370 g/mol. The molecule has 0 aliphatic heterocycles. The summed E-state index contributed by atoms with van der Waals surface area (Å²) >= 11 is 9.51. The molecule has 1 unspecified atom stereocenters. The molecule has 1 amide bonds. The van der Waals surface area contributed by atoms with Crippen LogP contribution < -0.4 is 5.32 Å². The van der Waals surface area contributed by atoms with Crippen molar-refractivity contribution in [2.75, 3.05) is 6.54 Å². The zero-order chi connectivity index (χ0) is 14.4. The molecule has 2 rings (SSSR count). The largest absolute Gasteiger partial charge is 0.355 e. The van der Waals surface area contributed by atoms with Crippen LogP contribution in [-0.4, -0.2) is 17.7 Å². The first-order valence-corrected chi connectivity index (χ1v) is 8.51. The number of halogens is 1. The molecule has 106 valence electrons. The van der Waals surface area contributed by atoms with Gasteiger partial charge in [-0.05, 0) is 46.5 Å². The molecule has 0 bridgehead atoms. The fraction of sp³-hybridized carbons (Fsp3) is 0.267. The highest BCUT2D eigenvalue weighted by molar-refractivity contribution is 9.11. The van der Waals surface area contributed by atoms with Crippen molar-refractivity contribution in [3.05, 3.63) is 56.7 Å². The summed E-state index contributed by atoms with van der Waals surface area (Å²) in [6.07, 6.45) is 1.51. The second-order valence-corrected chi connectivity index (χ2v) is 7.62. The summed E-state index contributed by atoms with van der Waals surface area (Å²) in [6, 6.07) is 14.0. The van der Waals surface area contributed by atoms with Crippen molar-refractivity contribution in [1.29, 1.82) is 0 Å². The van der Waals surface area contributed by atoms with Gasteiger partial charge in [-0.3, -0.25) is 4.79 Å². The molecule has 2 aromatic rings. The molecule has 5 heteroatoms. The van der Waals surface area contributed by atoms with Gasteiger partial charge >= 0.3 is 0 Å². The number of rotatable bonds is 6. The van der Waals surface area contributed by atoms with E-state index >= 15 is 0 Å². The molecule has 2 nitrogen and oxygen atoms in total. The molecule has 20 heavy (non-hydrogen) atoms. The number of hydrogen-bond acceptors (Lipinski definition) is 3. The smallest absolute Gasteiger partial charge is 0.233 e. The molecular formula is C15H16BrNOS2. The van der Waals surface area contributed by atoms with E-state index in [0.717, 1.165) is 15.8 Å². The highest BCUT2D eigenvalue weighted by atomic mass is 79.9. The standard InChI is InChI=1S/C15H16BrNOS2/c16-14-7-6-12(20-14)8-9-17-15(18)13(19)10-11-4-2-1-3-5-11/h1-7,13,19H,8-10H2,(H,17,18). The average Bonchev–Trinajstić information content (AvgIpc) is 2.85. The third kappa shape index (κ3) is 4.96. The summed E-state index contributed by atoms with van der Waals surface area (Å²) in [7, 11) is 0. The molecular weight excluding hydrogens is 354 g/mol. The second-order valence-electron chi connectivity index (χ2n) is 4.45. The number of thiophene rings is 1. The molecule has 0 saturated carbocycles. The quantitative estimate of drug-likeness (QED) is 0.746. The topological polar surface area (TPSA) is 29.1 Å². The number of thiol groups is 1. The predicted molar refractivity (Wildman–Crippen MR) is 91.7 cm³/mol. The van der Waals surface area contributed by atoms with E-state index in [-0.39, 0.29) is 11.2 Å². The minimum absolute atomic E-state index is 0.00666. The first-order valence-electron chi connectivity index (χ1n) is 6.39.